The summed E-state index contributed by atoms with van der Waals surface area (Å²) in [5.74, 6) is -0.775. The predicted molar refractivity (Wildman–Crippen MR) is 71.3 cm³/mol. The van der Waals surface area contributed by atoms with Gasteiger partial charge in [-0.2, -0.15) is 5.10 Å². The van der Waals surface area contributed by atoms with Gasteiger partial charge in [0, 0.05) is 18.6 Å². The Bertz CT molecular complexity index is 520. The minimum atomic E-state index is -0.537. The fraction of sp³-hybridized carbons (Fsp3) is 0.429. The van der Waals surface area contributed by atoms with E-state index < -0.39 is 11.6 Å². The van der Waals surface area contributed by atoms with Crippen molar-refractivity contribution >= 4 is 0 Å². The number of aromatic nitrogens is 3. The minimum Gasteiger partial charge on any atom is -0.396 e. The maximum Gasteiger partial charge on any atom is 0.137 e. The lowest BCUT2D eigenvalue weighted by atomic mass is 10.1. The third-order valence-corrected chi connectivity index (χ3v) is 3.07. The molecule has 1 N–H and O–H groups in total. The highest BCUT2D eigenvalue weighted by Crippen LogP contribution is 2.19. The third-order valence-electron chi connectivity index (χ3n) is 3.07. The fourth-order valence-corrected chi connectivity index (χ4v) is 2.03. The number of nitrogens with zero attached hydrogens (tertiary/aromatic N) is 3. The molecule has 1 aromatic heterocycles. The van der Waals surface area contributed by atoms with Crippen LogP contribution in [0.2, 0.25) is 0 Å². The summed E-state index contributed by atoms with van der Waals surface area (Å²) in [4.78, 5) is 3.85. The summed E-state index contributed by atoms with van der Waals surface area (Å²) in [7, 11) is 0. The van der Waals surface area contributed by atoms with Crippen molar-refractivity contribution in [3.8, 4) is 0 Å². The molecule has 2 atom stereocenters. The van der Waals surface area contributed by atoms with Crippen LogP contribution in [0.3, 0.4) is 0 Å². The van der Waals surface area contributed by atoms with Crippen molar-refractivity contribution < 1.29 is 18.6 Å². The zero-order valence-corrected chi connectivity index (χ0v) is 11.4. The zero-order valence-electron chi connectivity index (χ0n) is 11.4. The van der Waals surface area contributed by atoms with E-state index in [2.05, 4.69) is 10.1 Å². The Hall–Kier alpha value is -1.86. The standard InChI is InChI=1S/C8H13N3O2.C6H4F2/c12-3-7-1-8(13-4-7)2-11-6-9-5-10-11;7-5-2-1-3-6(8)4-5/h5-8,12H,1-4H2;1-4H/t7-,8+;/m1./s1. The molecule has 1 fully saturated rings. The molecule has 1 aliphatic rings. The first-order valence-corrected chi connectivity index (χ1v) is 6.63. The van der Waals surface area contributed by atoms with Crippen LogP contribution in [0.25, 0.3) is 0 Å². The Balaban J connectivity index is 0.000000173. The third kappa shape index (κ3) is 5.20. The normalized spacial score (nSPS) is 20.9. The van der Waals surface area contributed by atoms with Crippen molar-refractivity contribution in [2.24, 2.45) is 5.92 Å². The Morgan fingerprint density at radius 3 is 2.57 bits per heavy atom. The van der Waals surface area contributed by atoms with Gasteiger partial charge in [-0.15, -0.1) is 0 Å². The van der Waals surface area contributed by atoms with E-state index in [9.17, 15) is 8.78 Å². The maximum atomic E-state index is 11.9. The second-order valence-corrected chi connectivity index (χ2v) is 4.80. The molecule has 1 saturated heterocycles. The molecular formula is C14H17F2N3O2. The van der Waals surface area contributed by atoms with Crippen molar-refractivity contribution in [2.45, 2.75) is 19.1 Å². The average Bonchev–Trinajstić information content (AvgIpc) is 3.11. The van der Waals surface area contributed by atoms with Crippen LogP contribution in [0.5, 0.6) is 0 Å². The average molecular weight is 297 g/mol. The maximum absolute atomic E-state index is 11.9. The van der Waals surface area contributed by atoms with E-state index >= 15 is 0 Å². The van der Waals surface area contributed by atoms with Crippen LogP contribution in [-0.4, -0.2) is 39.2 Å². The minimum absolute atomic E-state index is 0.179. The summed E-state index contributed by atoms with van der Waals surface area (Å²) in [6.45, 7) is 1.61. The van der Waals surface area contributed by atoms with Crippen LogP contribution in [0, 0.1) is 17.6 Å². The van der Waals surface area contributed by atoms with Gasteiger partial charge in [0.05, 0.1) is 19.3 Å². The van der Waals surface area contributed by atoms with E-state index in [1.807, 2.05) is 0 Å². The lowest BCUT2D eigenvalue weighted by Crippen LogP contribution is -2.15. The number of aliphatic hydroxyl groups excluding tert-OH is 1. The van der Waals surface area contributed by atoms with E-state index in [0.717, 1.165) is 19.0 Å². The van der Waals surface area contributed by atoms with Gasteiger partial charge in [0.1, 0.15) is 24.3 Å². The number of hydrogen-bond donors (Lipinski definition) is 1. The summed E-state index contributed by atoms with van der Waals surface area (Å²) in [6.07, 6.45) is 4.28. The first-order valence-electron chi connectivity index (χ1n) is 6.63. The van der Waals surface area contributed by atoms with Crippen molar-refractivity contribution in [1.29, 1.82) is 0 Å². The molecule has 0 radical (unpaired) electrons. The number of hydrogen-bond acceptors (Lipinski definition) is 4. The Labute approximate surface area is 121 Å². The van der Waals surface area contributed by atoms with E-state index in [4.69, 9.17) is 9.84 Å². The molecule has 3 rings (SSSR count). The van der Waals surface area contributed by atoms with Crippen molar-refractivity contribution in [3.05, 3.63) is 48.6 Å². The smallest absolute Gasteiger partial charge is 0.137 e. The van der Waals surface area contributed by atoms with Gasteiger partial charge in [-0.3, -0.25) is 4.68 Å². The molecule has 0 spiro atoms. The molecule has 1 aromatic carbocycles. The lowest BCUT2D eigenvalue weighted by Gasteiger charge is -2.07. The monoisotopic (exact) mass is 297 g/mol. The topological polar surface area (TPSA) is 60.2 Å². The Morgan fingerprint density at radius 1 is 1.33 bits per heavy atom. The number of halogens is 2. The van der Waals surface area contributed by atoms with Crippen molar-refractivity contribution in [1.82, 2.24) is 14.8 Å². The molecule has 0 amide bonds. The van der Waals surface area contributed by atoms with Gasteiger partial charge in [-0.1, -0.05) is 6.07 Å². The van der Waals surface area contributed by atoms with Crippen LogP contribution in [0.1, 0.15) is 6.42 Å². The molecule has 2 aromatic rings. The van der Waals surface area contributed by atoms with Crippen LogP contribution < -0.4 is 0 Å². The summed E-state index contributed by atoms with van der Waals surface area (Å²) in [5.41, 5.74) is 0. The van der Waals surface area contributed by atoms with E-state index in [1.54, 1.807) is 11.0 Å². The van der Waals surface area contributed by atoms with Crippen LogP contribution in [-0.2, 0) is 11.3 Å². The van der Waals surface area contributed by atoms with Crippen LogP contribution in [0.4, 0.5) is 8.78 Å². The number of aliphatic hydroxyl groups is 1. The van der Waals surface area contributed by atoms with Crippen LogP contribution >= 0.6 is 0 Å². The van der Waals surface area contributed by atoms with Gasteiger partial charge >= 0.3 is 0 Å². The highest BCUT2D eigenvalue weighted by Gasteiger charge is 2.25. The zero-order chi connectivity index (χ0) is 15.1. The number of benzene rings is 1. The fourth-order valence-electron chi connectivity index (χ4n) is 2.03. The summed E-state index contributed by atoms with van der Waals surface area (Å²) in [5, 5.41) is 12.9. The second-order valence-electron chi connectivity index (χ2n) is 4.80. The molecule has 114 valence electrons. The van der Waals surface area contributed by atoms with Gasteiger partial charge < -0.3 is 9.84 Å². The Kier molecular flexibility index (Phi) is 5.77. The largest absolute Gasteiger partial charge is 0.396 e. The van der Waals surface area contributed by atoms with Crippen molar-refractivity contribution in [2.75, 3.05) is 13.2 Å². The molecule has 21 heavy (non-hydrogen) atoms. The van der Waals surface area contributed by atoms with E-state index in [-0.39, 0.29) is 12.7 Å². The quantitative estimate of drug-likeness (QED) is 0.935. The SMILES string of the molecule is Fc1cccc(F)c1.OC[C@@H]1CO[C@H](Cn2cncn2)C1. The van der Waals surface area contributed by atoms with Crippen LogP contribution in [0.15, 0.2) is 36.9 Å². The van der Waals surface area contributed by atoms with E-state index in [1.165, 1.54) is 24.5 Å². The molecule has 5 nitrogen and oxygen atoms in total. The van der Waals surface area contributed by atoms with Gasteiger partial charge in [-0.25, -0.2) is 13.8 Å². The molecule has 0 bridgehead atoms. The first-order chi connectivity index (χ1) is 10.2. The van der Waals surface area contributed by atoms with Gasteiger partial charge in [0.25, 0.3) is 0 Å². The number of ether oxygens (including phenoxy) is 1. The highest BCUT2D eigenvalue weighted by molar-refractivity contribution is 5.04. The van der Waals surface area contributed by atoms with Gasteiger partial charge in [0.15, 0.2) is 0 Å². The Morgan fingerprint density at radius 2 is 2.10 bits per heavy atom. The van der Waals surface area contributed by atoms with E-state index in [0.29, 0.717) is 12.5 Å². The van der Waals surface area contributed by atoms with Gasteiger partial charge in [0.2, 0.25) is 0 Å². The molecule has 7 heteroatoms. The molecular weight excluding hydrogens is 280 g/mol. The molecule has 0 unspecified atom stereocenters. The van der Waals surface area contributed by atoms with Crippen molar-refractivity contribution in [3.63, 3.8) is 0 Å². The highest BCUT2D eigenvalue weighted by atomic mass is 19.1. The molecule has 1 aliphatic heterocycles. The first kappa shape index (κ1) is 15.5. The second kappa shape index (κ2) is 7.80. The van der Waals surface area contributed by atoms with Gasteiger partial charge in [-0.05, 0) is 18.6 Å². The number of rotatable bonds is 3. The summed E-state index contributed by atoms with van der Waals surface area (Å²) < 4.78 is 31.1. The molecule has 0 saturated carbocycles. The molecule has 2 heterocycles. The lowest BCUT2D eigenvalue weighted by molar-refractivity contribution is 0.0867. The predicted octanol–water partition coefficient (Wildman–Crippen LogP) is 1.64. The summed E-state index contributed by atoms with van der Waals surface area (Å²) in [6, 6.07) is 4.55. The summed E-state index contributed by atoms with van der Waals surface area (Å²) >= 11 is 0. The molecule has 0 aliphatic carbocycles.